The SMILES string of the molecule is Cc1cc2cc(Cl)cc(C3CC(C)CCN3C)c2[nH]1. The largest absolute Gasteiger partial charge is 0.358 e. The van der Waals surface area contributed by atoms with Crippen molar-refractivity contribution in [2.45, 2.75) is 32.7 Å². The van der Waals surface area contributed by atoms with Crippen LogP contribution in [0.3, 0.4) is 0 Å². The molecule has 0 saturated carbocycles. The van der Waals surface area contributed by atoms with Crippen LogP contribution in [0, 0.1) is 12.8 Å². The molecule has 2 heterocycles. The fraction of sp³-hybridized carbons (Fsp3) is 0.500. The maximum absolute atomic E-state index is 6.30. The smallest absolute Gasteiger partial charge is 0.0505 e. The fourth-order valence-corrected chi connectivity index (χ4v) is 3.50. The van der Waals surface area contributed by atoms with Gasteiger partial charge in [-0.25, -0.2) is 0 Å². The van der Waals surface area contributed by atoms with E-state index in [0.29, 0.717) is 6.04 Å². The number of aromatic nitrogens is 1. The van der Waals surface area contributed by atoms with Crippen LogP contribution in [-0.2, 0) is 0 Å². The van der Waals surface area contributed by atoms with Gasteiger partial charge in [0.05, 0.1) is 5.52 Å². The summed E-state index contributed by atoms with van der Waals surface area (Å²) in [5.41, 5.74) is 3.81. The van der Waals surface area contributed by atoms with Crippen molar-refractivity contribution in [1.29, 1.82) is 0 Å². The van der Waals surface area contributed by atoms with E-state index in [9.17, 15) is 0 Å². The number of hydrogen-bond acceptors (Lipinski definition) is 1. The predicted molar refractivity (Wildman–Crippen MR) is 81.8 cm³/mol. The molecule has 102 valence electrons. The van der Waals surface area contributed by atoms with E-state index in [2.05, 4.69) is 49.0 Å². The lowest BCUT2D eigenvalue weighted by atomic mass is 9.88. The van der Waals surface area contributed by atoms with Gasteiger partial charge >= 0.3 is 0 Å². The van der Waals surface area contributed by atoms with Gasteiger partial charge in [0.15, 0.2) is 0 Å². The van der Waals surface area contributed by atoms with Gasteiger partial charge in [0.25, 0.3) is 0 Å². The lowest BCUT2D eigenvalue weighted by molar-refractivity contribution is 0.151. The summed E-state index contributed by atoms with van der Waals surface area (Å²) >= 11 is 6.30. The summed E-state index contributed by atoms with van der Waals surface area (Å²) in [7, 11) is 2.22. The van der Waals surface area contributed by atoms with Crippen molar-refractivity contribution in [3.05, 3.63) is 34.5 Å². The maximum atomic E-state index is 6.30. The molecule has 0 bridgehead atoms. The Morgan fingerprint density at radius 3 is 2.89 bits per heavy atom. The third kappa shape index (κ3) is 2.39. The predicted octanol–water partition coefficient (Wildman–Crippen LogP) is 4.53. The van der Waals surface area contributed by atoms with Crippen LogP contribution in [0.4, 0.5) is 0 Å². The zero-order valence-corrected chi connectivity index (χ0v) is 12.6. The Bertz CT molecular complexity index is 602. The summed E-state index contributed by atoms with van der Waals surface area (Å²) in [5.74, 6) is 0.784. The molecule has 1 aliphatic heterocycles. The zero-order valence-electron chi connectivity index (χ0n) is 11.8. The number of benzene rings is 1. The Morgan fingerprint density at radius 2 is 2.11 bits per heavy atom. The number of fused-ring (bicyclic) bond motifs is 1. The fourth-order valence-electron chi connectivity index (χ4n) is 3.26. The summed E-state index contributed by atoms with van der Waals surface area (Å²) in [4.78, 5) is 5.96. The second kappa shape index (κ2) is 4.84. The molecular weight excluding hydrogens is 256 g/mol. The van der Waals surface area contributed by atoms with Gasteiger partial charge in [-0.2, -0.15) is 0 Å². The van der Waals surface area contributed by atoms with Crippen LogP contribution in [0.2, 0.25) is 5.02 Å². The number of rotatable bonds is 1. The quantitative estimate of drug-likeness (QED) is 0.811. The first-order valence-electron chi connectivity index (χ1n) is 7.03. The van der Waals surface area contributed by atoms with E-state index >= 15 is 0 Å². The molecule has 1 fully saturated rings. The summed E-state index contributed by atoms with van der Waals surface area (Å²) in [6, 6.07) is 6.84. The van der Waals surface area contributed by atoms with Crippen molar-refractivity contribution in [2.75, 3.05) is 13.6 Å². The monoisotopic (exact) mass is 276 g/mol. The van der Waals surface area contributed by atoms with Crippen LogP contribution < -0.4 is 0 Å². The third-order valence-corrected chi connectivity index (χ3v) is 4.57. The minimum Gasteiger partial charge on any atom is -0.358 e. The highest BCUT2D eigenvalue weighted by molar-refractivity contribution is 6.31. The molecule has 0 aliphatic carbocycles. The van der Waals surface area contributed by atoms with Crippen molar-refractivity contribution in [3.63, 3.8) is 0 Å². The number of aryl methyl sites for hydroxylation is 1. The highest BCUT2D eigenvalue weighted by atomic mass is 35.5. The molecule has 3 rings (SSSR count). The van der Waals surface area contributed by atoms with Crippen LogP contribution in [0.5, 0.6) is 0 Å². The van der Waals surface area contributed by atoms with E-state index < -0.39 is 0 Å². The minimum atomic E-state index is 0.475. The molecule has 1 aromatic carbocycles. The molecule has 1 saturated heterocycles. The molecule has 1 aromatic heterocycles. The van der Waals surface area contributed by atoms with Gasteiger partial charge in [0.2, 0.25) is 0 Å². The number of aromatic amines is 1. The number of nitrogens with zero attached hydrogens (tertiary/aromatic N) is 1. The standard InChI is InChI=1S/C16H21ClN2/c1-10-4-5-19(3)15(6-10)14-9-13(17)8-12-7-11(2)18-16(12)14/h7-10,15,18H,4-6H2,1-3H3. The summed E-state index contributed by atoms with van der Waals surface area (Å²) in [6.45, 7) is 5.62. The average Bonchev–Trinajstić information content (AvgIpc) is 2.71. The summed E-state index contributed by atoms with van der Waals surface area (Å²) in [5, 5.41) is 2.07. The molecule has 0 radical (unpaired) electrons. The Morgan fingerprint density at radius 1 is 1.32 bits per heavy atom. The average molecular weight is 277 g/mol. The molecule has 1 N–H and O–H groups in total. The Balaban J connectivity index is 2.12. The number of nitrogens with one attached hydrogen (secondary N) is 1. The minimum absolute atomic E-state index is 0.475. The van der Waals surface area contributed by atoms with Gasteiger partial charge in [0, 0.05) is 22.1 Å². The highest BCUT2D eigenvalue weighted by Crippen LogP contribution is 2.37. The van der Waals surface area contributed by atoms with Gasteiger partial charge < -0.3 is 4.98 Å². The molecule has 0 amide bonds. The summed E-state index contributed by atoms with van der Waals surface area (Å²) in [6.07, 6.45) is 2.50. The van der Waals surface area contributed by atoms with E-state index in [0.717, 1.165) is 10.9 Å². The second-order valence-electron chi connectivity index (χ2n) is 6.04. The van der Waals surface area contributed by atoms with Gasteiger partial charge in [-0.3, -0.25) is 4.90 Å². The molecule has 2 unspecified atom stereocenters. The Labute approximate surface area is 119 Å². The van der Waals surface area contributed by atoms with Crippen molar-refractivity contribution < 1.29 is 0 Å². The van der Waals surface area contributed by atoms with E-state index in [1.807, 2.05) is 0 Å². The van der Waals surface area contributed by atoms with Gasteiger partial charge in [0.1, 0.15) is 0 Å². The molecule has 19 heavy (non-hydrogen) atoms. The normalized spacial score (nSPS) is 25.1. The van der Waals surface area contributed by atoms with Gasteiger partial charge in [-0.15, -0.1) is 0 Å². The zero-order chi connectivity index (χ0) is 13.6. The first-order valence-corrected chi connectivity index (χ1v) is 7.41. The van der Waals surface area contributed by atoms with E-state index in [1.165, 1.54) is 41.5 Å². The highest BCUT2D eigenvalue weighted by Gasteiger charge is 2.27. The van der Waals surface area contributed by atoms with Crippen LogP contribution in [0.1, 0.15) is 37.1 Å². The molecule has 0 spiro atoms. The molecule has 2 atom stereocenters. The van der Waals surface area contributed by atoms with Crippen LogP contribution in [0.15, 0.2) is 18.2 Å². The second-order valence-corrected chi connectivity index (χ2v) is 6.47. The lowest BCUT2D eigenvalue weighted by Crippen LogP contribution is -2.33. The van der Waals surface area contributed by atoms with Gasteiger partial charge in [-0.05, 0) is 63.0 Å². The molecule has 2 nitrogen and oxygen atoms in total. The number of piperidine rings is 1. The number of likely N-dealkylation sites (tertiary alicyclic amines) is 1. The number of hydrogen-bond donors (Lipinski definition) is 1. The van der Waals surface area contributed by atoms with E-state index in [1.54, 1.807) is 0 Å². The summed E-state index contributed by atoms with van der Waals surface area (Å²) < 4.78 is 0. The van der Waals surface area contributed by atoms with Crippen molar-refractivity contribution in [1.82, 2.24) is 9.88 Å². The van der Waals surface area contributed by atoms with Crippen molar-refractivity contribution in [3.8, 4) is 0 Å². The first kappa shape index (κ1) is 13.0. The molecule has 1 aliphatic rings. The topological polar surface area (TPSA) is 19.0 Å². The van der Waals surface area contributed by atoms with Crippen LogP contribution in [-0.4, -0.2) is 23.5 Å². The molecule has 2 aromatic rings. The van der Waals surface area contributed by atoms with Gasteiger partial charge in [-0.1, -0.05) is 18.5 Å². The Kier molecular flexibility index (Phi) is 3.32. The first-order chi connectivity index (χ1) is 9.04. The number of H-pyrrole nitrogens is 1. The number of halogens is 1. The molecular formula is C16H21ClN2. The van der Waals surface area contributed by atoms with E-state index in [-0.39, 0.29) is 0 Å². The van der Waals surface area contributed by atoms with Crippen molar-refractivity contribution >= 4 is 22.5 Å². The Hall–Kier alpha value is -0.990. The van der Waals surface area contributed by atoms with E-state index in [4.69, 9.17) is 11.6 Å². The van der Waals surface area contributed by atoms with Crippen molar-refractivity contribution in [2.24, 2.45) is 5.92 Å². The third-order valence-electron chi connectivity index (χ3n) is 4.35. The lowest BCUT2D eigenvalue weighted by Gasteiger charge is -2.36. The van der Waals surface area contributed by atoms with Crippen LogP contribution in [0.25, 0.3) is 10.9 Å². The maximum Gasteiger partial charge on any atom is 0.0505 e. The molecule has 3 heteroatoms. The van der Waals surface area contributed by atoms with Crippen LogP contribution >= 0.6 is 11.6 Å².